The van der Waals surface area contributed by atoms with Crippen molar-refractivity contribution >= 4 is 0 Å². The fourth-order valence-corrected chi connectivity index (χ4v) is 3.79. The Morgan fingerprint density at radius 1 is 0.677 bits per heavy atom. The average Bonchev–Trinajstić information content (AvgIpc) is 2.79. The largest absolute Gasteiger partial charge is 0.328 e. The monoisotopic (exact) mass is 428 g/mol. The van der Waals surface area contributed by atoms with Crippen LogP contribution in [-0.2, 0) is 20.6 Å². The van der Waals surface area contributed by atoms with Crippen LogP contribution in [0.5, 0.6) is 0 Å². The number of pyridine rings is 2. The predicted octanol–water partition coefficient (Wildman–Crippen LogP) is 6.57. The summed E-state index contributed by atoms with van der Waals surface area (Å²) in [4.78, 5) is 8.92. The maximum atomic E-state index is 5.79. The average molecular weight is 429 g/mol. The van der Waals surface area contributed by atoms with E-state index in [9.17, 15) is 0 Å². The van der Waals surface area contributed by atoms with Crippen molar-refractivity contribution in [3.05, 3.63) is 48.3 Å². The molecule has 2 aromatic rings. The molecule has 0 saturated heterocycles. The van der Waals surface area contributed by atoms with Crippen LogP contribution in [0, 0.1) is 0 Å². The minimum absolute atomic E-state index is 0.599. The molecule has 0 unspecified atom stereocenters. The van der Waals surface area contributed by atoms with Gasteiger partial charge in [0.25, 0.3) is 5.97 Å². The van der Waals surface area contributed by atoms with Crippen molar-refractivity contribution in [1.29, 1.82) is 0 Å². The quantitative estimate of drug-likeness (QED) is 0.211. The Hall–Kier alpha value is -1.82. The third kappa shape index (κ3) is 9.46. The van der Waals surface area contributed by atoms with Crippen molar-refractivity contribution in [3.8, 4) is 11.4 Å². The van der Waals surface area contributed by atoms with Gasteiger partial charge in [-0.25, -0.2) is 0 Å². The van der Waals surface area contributed by atoms with E-state index in [0.717, 1.165) is 30.7 Å². The summed E-state index contributed by atoms with van der Waals surface area (Å²) >= 11 is 0. The predicted molar refractivity (Wildman–Crippen MR) is 126 cm³/mol. The molecule has 0 aromatic carbocycles. The SMILES string of the molecule is CCOC(CCCCCCCCCc1ccc(-c2ccccn2)nc1)(OCC)OCC. The second-order valence-electron chi connectivity index (χ2n) is 7.72. The van der Waals surface area contributed by atoms with E-state index in [1.807, 2.05) is 45.2 Å². The summed E-state index contributed by atoms with van der Waals surface area (Å²) in [6.45, 7) is 7.75. The van der Waals surface area contributed by atoms with Gasteiger partial charge in [0.05, 0.1) is 11.4 Å². The number of hydrogen-bond acceptors (Lipinski definition) is 5. The molecule has 0 saturated carbocycles. The van der Waals surface area contributed by atoms with E-state index >= 15 is 0 Å². The van der Waals surface area contributed by atoms with Crippen LogP contribution in [0.15, 0.2) is 42.7 Å². The number of nitrogens with zero attached hydrogens (tertiary/aromatic N) is 2. The van der Waals surface area contributed by atoms with Gasteiger partial charge >= 0.3 is 0 Å². The first kappa shape index (κ1) is 25.4. The fourth-order valence-electron chi connectivity index (χ4n) is 3.79. The van der Waals surface area contributed by atoms with Crippen molar-refractivity contribution in [2.75, 3.05) is 19.8 Å². The van der Waals surface area contributed by atoms with E-state index in [4.69, 9.17) is 14.2 Å². The molecule has 0 fully saturated rings. The summed E-state index contributed by atoms with van der Waals surface area (Å²) in [5.41, 5.74) is 3.17. The fraction of sp³-hybridized carbons (Fsp3) is 0.615. The summed E-state index contributed by atoms with van der Waals surface area (Å²) in [5.74, 6) is -0.849. The zero-order valence-electron chi connectivity index (χ0n) is 19.6. The zero-order valence-corrected chi connectivity index (χ0v) is 19.6. The van der Waals surface area contributed by atoms with Crippen LogP contribution < -0.4 is 0 Å². The van der Waals surface area contributed by atoms with Crippen LogP contribution in [0.2, 0.25) is 0 Å². The Bertz CT molecular complexity index is 675. The summed E-state index contributed by atoms with van der Waals surface area (Å²) in [5, 5.41) is 0. The van der Waals surface area contributed by atoms with Gasteiger partial charge in [0.2, 0.25) is 0 Å². The second kappa shape index (κ2) is 15.1. The lowest BCUT2D eigenvalue weighted by molar-refractivity contribution is -0.380. The van der Waals surface area contributed by atoms with Gasteiger partial charge in [-0.3, -0.25) is 9.97 Å². The van der Waals surface area contributed by atoms with Gasteiger partial charge in [-0.2, -0.15) is 0 Å². The number of rotatable bonds is 17. The summed E-state index contributed by atoms with van der Waals surface area (Å²) in [7, 11) is 0. The van der Waals surface area contributed by atoms with Gasteiger partial charge in [-0.05, 0) is 63.8 Å². The van der Waals surface area contributed by atoms with Crippen molar-refractivity contribution in [2.24, 2.45) is 0 Å². The molecule has 0 bridgehead atoms. The maximum Gasteiger partial charge on any atom is 0.282 e. The van der Waals surface area contributed by atoms with E-state index in [1.165, 1.54) is 44.1 Å². The number of hydrogen-bond donors (Lipinski definition) is 0. The third-order valence-electron chi connectivity index (χ3n) is 5.29. The normalized spacial score (nSPS) is 11.7. The van der Waals surface area contributed by atoms with Gasteiger partial charge in [-0.15, -0.1) is 0 Å². The molecule has 31 heavy (non-hydrogen) atoms. The molecule has 0 spiro atoms. The van der Waals surface area contributed by atoms with Crippen LogP contribution in [0.1, 0.15) is 77.7 Å². The van der Waals surface area contributed by atoms with Gasteiger partial charge in [-0.1, -0.05) is 44.2 Å². The Morgan fingerprint density at radius 2 is 1.29 bits per heavy atom. The van der Waals surface area contributed by atoms with Crippen LogP contribution in [0.3, 0.4) is 0 Å². The zero-order chi connectivity index (χ0) is 22.2. The third-order valence-corrected chi connectivity index (χ3v) is 5.29. The molecule has 0 N–H and O–H groups in total. The molecule has 172 valence electrons. The number of ether oxygens (including phenoxy) is 3. The first-order chi connectivity index (χ1) is 15.2. The highest BCUT2D eigenvalue weighted by molar-refractivity contribution is 5.53. The molecular weight excluding hydrogens is 388 g/mol. The summed E-state index contributed by atoms with van der Waals surface area (Å²) in [6.07, 6.45) is 14.2. The molecular formula is C26H40N2O3. The first-order valence-corrected chi connectivity index (χ1v) is 12.0. The Balaban J connectivity index is 1.56. The first-order valence-electron chi connectivity index (χ1n) is 12.0. The molecule has 0 aliphatic rings. The minimum atomic E-state index is -0.849. The van der Waals surface area contributed by atoms with Gasteiger partial charge in [0.15, 0.2) is 0 Å². The van der Waals surface area contributed by atoms with E-state index in [2.05, 4.69) is 22.1 Å². The Kier molecular flexibility index (Phi) is 12.4. The lowest BCUT2D eigenvalue weighted by Crippen LogP contribution is -2.39. The molecule has 0 aliphatic carbocycles. The van der Waals surface area contributed by atoms with Crippen molar-refractivity contribution in [1.82, 2.24) is 9.97 Å². The number of unbranched alkanes of at least 4 members (excludes halogenated alkanes) is 6. The van der Waals surface area contributed by atoms with Crippen LogP contribution >= 0.6 is 0 Å². The number of aryl methyl sites for hydroxylation is 1. The molecule has 0 radical (unpaired) electrons. The van der Waals surface area contributed by atoms with E-state index in [1.54, 1.807) is 6.20 Å². The lowest BCUT2D eigenvalue weighted by Gasteiger charge is -2.32. The lowest BCUT2D eigenvalue weighted by atomic mass is 10.0. The molecule has 0 aliphatic heterocycles. The smallest absolute Gasteiger partial charge is 0.282 e. The molecule has 0 amide bonds. The minimum Gasteiger partial charge on any atom is -0.328 e. The molecule has 2 rings (SSSR count). The highest BCUT2D eigenvalue weighted by Gasteiger charge is 2.31. The van der Waals surface area contributed by atoms with Gasteiger partial charge in [0, 0.05) is 38.6 Å². The van der Waals surface area contributed by atoms with Gasteiger partial charge in [0.1, 0.15) is 0 Å². The molecule has 5 nitrogen and oxygen atoms in total. The molecule has 2 aromatic heterocycles. The van der Waals surface area contributed by atoms with Crippen molar-refractivity contribution in [3.63, 3.8) is 0 Å². The van der Waals surface area contributed by atoms with E-state index in [-0.39, 0.29) is 0 Å². The van der Waals surface area contributed by atoms with Crippen LogP contribution in [0.25, 0.3) is 11.4 Å². The second-order valence-corrected chi connectivity index (χ2v) is 7.72. The molecule has 5 heteroatoms. The number of aromatic nitrogens is 2. The van der Waals surface area contributed by atoms with Crippen molar-refractivity contribution in [2.45, 2.75) is 84.5 Å². The Labute approximate surface area is 188 Å². The molecule has 2 heterocycles. The summed E-state index contributed by atoms with van der Waals surface area (Å²) < 4.78 is 17.4. The summed E-state index contributed by atoms with van der Waals surface area (Å²) in [6, 6.07) is 10.2. The molecule has 0 atom stereocenters. The van der Waals surface area contributed by atoms with E-state index < -0.39 is 5.97 Å². The highest BCUT2D eigenvalue weighted by Crippen LogP contribution is 2.24. The highest BCUT2D eigenvalue weighted by atomic mass is 16.9. The standard InChI is InChI=1S/C26H40N2O3/c1-4-29-26(30-5-2,31-6-3)20-14-11-9-7-8-10-12-16-23-18-19-25(28-22-23)24-17-13-15-21-27-24/h13,15,17-19,21-22H,4-12,14,16,20H2,1-3H3. The Morgan fingerprint density at radius 3 is 1.84 bits per heavy atom. The van der Waals surface area contributed by atoms with Crippen LogP contribution in [-0.4, -0.2) is 35.8 Å². The van der Waals surface area contributed by atoms with Crippen molar-refractivity contribution < 1.29 is 14.2 Å². The van der Waals surface area contributed by atoms with E-state index in [0.29, 0.717) is 19.8 Å². The van der Waals surface area contributed by atoms with Gasteiger partial charge < -0.3 is 14.2 Å². The topological polar surface area (TPSA) is 53.5 Å². The maximum absolute atomic E-state index is 5.79. The van der Waals surface area contributed by atoms with Crippen LogP contribution in [0.4, 0.5) is 0 Å².